The molecule has 4 rings (SSSR count). The summed E-state index contributed by atoms with van der Waals surface area (Å²) in [7, 11) is 0. The van der Waals surface area contributed by atoms with Gasteiger partial charge in [0.1, 0.15) is 5.76 Å². The van der Waals surface area contributed by atoms with Crippen molar-refractivity contribution in [1.29, 1.82) is 0 Å². The number of nitrogens with one attached hydrogen (secondary N) is 1. The number of rotatable bonds is 5. The number of aryl methyl sites for hydroxylation is 1. The molecule has 6 heteroatoms. The molecule has 0 atom stereocenters. The van der Waals surface area contributed by atoms with Crippen LogP contribution in [-0.2, 0) is 6.54 Å². The van der Waals surface area contributed by atoms with Crippen molar-refractivity contribution in [3.05, 3.63) is 64.8 Å². The van der Waals surface area contributed by atoms with E-state index in [2.05, 4.69) is 15.6 Å². The van der Waals surface area contributed by atoms with Crippen LogP contribution in [0, 0.1) is 13.8 Å². The second-order valence-corrected chi connectivity index (χ2v) is 6.47. The molecule has 6 nitrogen and oxygen atoms in total. The van der Waals surface area contributed by atoms with Gasteiger partial charge in [-0.2, -0.15) is 5.10 Å². The Labute approximate surface area is 145 Å². The van der Waals surface area contributed by atoms with E-state index in [4.69, 9.17) is 4.52 Å². The van der Waals surface area contributed by atoms with Gasteiger partial charge in [0.2, 0.25) is 0 Å². The predicted octanol–water partition coefficient (Wildman–Crippen LogP) is 3.28. The zero-order valence-electron chi connectivity index (χ0n) is 14.3. The Balaban J connectivity index is 1.49. The Morgan fingerprint density at radius 1 is 1.28 bits per heavy atom. The van der Waals surface area contributed by atoms with Crippen molar-refractivity contribution < 1.29 is 9.32 Å². The first-order chi connectivity index (χ1) is 12.1. The SMILES string of the molecule is Cc1nn(-c2ccccc2)c(C)c1CNC(=O)c1cc(C2CC2)on1. The largest absolute Gasteiger partial charge is 0.360 e. The monoisotopic (exact) mass is 336 g/mol. The lowest BCUT2D eigenvalue weighted by Crippen LogP contribution is -2.23. The fourth-order valence-corrected chi connectivity index (χ4v) is 2.97. The van der Waals surface area contributed by atoms with Gasteiger partial charge in [-0.05, 0) is 38.8 Å². The number of para-hydroxylation sites is 1. The van der Waals surface area contributed by atoms with E-state index in [0.717, 1.165) is 41.2 Å². The molecule has 1 fully saturated rings. The highest BCUT2D eigenvalue weighted by Crippen LogP contribution is 2.40. The molecule has 1 saturated carbocycles. The molecule has 2 heterocycles. The third-order valence-corrected chi connectivity index (χ3v) is 4.61. The number of hydrogen-bond acceptors (Lipinski definition) is 4. The number of carbonyl (C=O) groups is 1. The topological polar surface area (TPSA) is 73.0 Å². The average Bonchev–Trinajstić information content (AvgIpc) is 3.29. The van der Waals surface area contributed by atoms with E-state index in [-0.39, 0.29) is 5.91 Å². The minimum Gasteiger partial charge on any atom is -0.360 e. The van der Waals surface area contributed by atoms with Crippen LogP contribution in [0.25, 0.3) is 5.69 Å². The van der Waals surface area contributed by atoms with Crippen LogP contribution in [0.2, 0.25) is 0 Å². The van der Waals surface area contributed by atoms with Gasteiger partial charge >= 0.3 is 0 Å². The summed E-state index contributed by atoms with van der Waals surface area (Å²) in [6.45, 7) is 4.37. The average molecular weight is 336 g/mol. The Bertz CT molecular complexity index is 907. The first kappa shape index (κ1) is 15.6. The molecule has 0 spiro atoms. The molecule has 1 amide bonds. The standard InChI is InChI=1S/C19H20N4O2/c1-12-16(13(2)23(21-12)15-6-4-3-5-7-15)11-20-19(24)17-10-18(25-22-17)14-8-9-14/h3-7,10,14H,8-9,11H2,1-2H3,(H,20,24). The van der Waals surface area contributed by atoms with Crippen molar-refractivity contribution in [2.24, 2.45) is 0 Å². The van der Waals surface area contributed by atoms with Crippen molar-refractivity contribution >= 4 is 5.91 Å². The third kappa shape index (κ3) is 3.07. The van der Waals surface area contributed by atoms with Crippen molar-refractivity contribution in [2.45, 2.75) is 39.2 Å². The van der Waals surface area contributed by atoms with Gasteiger partial charge in [0.15, 0.2) is 5.69 Å². The maximum Gasteiger partial charge on any atom is 0.273 e. The highest BCUT2D eigenvalue weighted by atomic mass is 16.5. The van der Waals surface area contributed by atoms with Crippen molar-refractivity contribution in [3.8, 4) is 5.69 Å². The van der Waals surface area contributed by atoms with Gasteiger partial charge < -0.3 is 9.84 Å². The lowest BCUT2D eigenvalue weighted by Gasteiger charge is -2.06. The summed E-state index contributed by atoms with van der Waals surface area (Å²) in [6.07, 6.45) is 2.24. The minimum absolute atomic E-state index is 0.220. The molecule has 0 aliphatic heterocycles. The first-order valence-corrected chi connectivity index (χ1v) is 8.49. The van der Waals surface area contributed by atoms with Crippen LogP contribution in [0.1, 0.15) is 52.0 Å². The van der Waals surface area contributed by atoms with Crippen LogP contribution < -0.4 is 5.32 Å². The number of carbonyl (C=O) groups excluding carboxylic acids is 1. The number of benzene rings is 1. The number of amides is 1. The molecule has 1 aliphatic carbocycles. The molecule has 0 unspecified atom stereocenters. The van der Waals surface area contributed by atoms with Crippen LogP contribution in [0.4, 0.5) is 0 Å². The highest BCUT2D eigenvalue weighted by Gasteiger charge is 2.29. The molecule has 128 valence electrons. The maximum absolute atomic E-state index is 12.3. The van der Waals surface area contributed by atoms with Crippen LogP contribution in [0.3, 0.4) is 0 Å². The summed E-state index contributed by atoms with van der Waals surface area (Å²) in [5, 5.41) is 11.4. The fourth-order valence-electron chi connectivity index (χ4n) is 2.97. The zero-order valence-corrected chi connectivity index (χ0v) is 14.3. The van der Waals surface area contributed by atoms with Gasteiger partial charge in [-0.1, -0.05) is 23.4 Å². The molecule has 0 bridgehead atoms. The summed E-state index contributed by atoms with van der Waals surface area (Å²) in [6, 6.07) is 11.7. The van der Waals surface area contributed by atoms with Gasteiger partial charge in [-0.3, -0.25) is 4.79 Å². The van der Waals surface area contributed by atoms with Gasteiger partial charge in [0.25, 0.3) is 5.91 Å². The molecular formula is C19H20N4O2. The summed E-state index contributed by atoms with van der Waals surface area (Å²) in [5.74, 6) is 1.04. The molecule has 2 aromatic heterocycles. The molecule has 1 aromatic carbocycles. The minimum atomic E-state index is -0.220. The summed E-state index contributed by atoms with van der Waals surface area (Å²) < 4.78 is 7.14. The molecule has 0 saturated heterocycles. The van der Waals surface area contributed by atoms with Crippen molar-refractivity contribution in [2.75, 3.05) is 0 Å². The Kier molecular flexibility index (Phi) is 3.87. The zero-order chi connectivity index (χ0) is 17.4. The van der Waals surface area contributed by atoms with Gasteiger partial charge in [0.05, 0.1) is 11.4 Å². The fraction of sp³-hybridized carbons (Fsp3) is 0.316. The number of aromatic nitrogens is 3. The van der Waals surface area contributed by atoms with E-state index in [1.165, 1.54) is 0 Å². The predicted molar refractivity (Wildman–Crippen MR) is 92.7 cm³/mol. The summed E-state index contributed by atoms with van der Waals surface area (Å²) >= 11 is 0. The van der Waals surface area contributed by atoms with Crippen LogP contribution in [0.5, 0.6) is 0 Å². The van der Waals surface area contributed by atoms with Crippen molar-refractivity contribution in [1.82, 2.24) is 20.3 Å². The summed E-state index contributed by atoms with van der Waals surface area (Å²) in [4.78, 5) is 12.3. The smallest absolute Gasteiger partial charge is 0.273 e. The molecule has 0 radical (unpaired) electrons. The molecule has 25 heavy (non-hydrogen) atoms. The highest BCUT2D eigenvalue weighted by molar-refractivity contribution is 5.92. The van der Waals surface area contributed by atoms with E-state index >= 15 is 0 Å². The maximum atomic E-state index is 12.3. The Morgan fingerprint density at radius 2 is 2.04 bits per heavy atom. The van der Waals surface area contributed by atoms with E-state index in [0.29, 0.717) is 18.2 Å². The quantitative estimate of drug-likeness (QED) is 0.776. The normalized spacial score (nSPS) is 13.8. The first-order valence-electron chi connectivity index (χ1n) is 8.49. The van der Waals surface area contributed by atoms with Gasteiger partial charge in [-0.15, -0.1) is 0 Å². The van der Waals surface area contributed by atoms with Gasteiger partial charge in [0, 0.05) is 29.8 Å². The third-order valence-electron chi connectivity index (χ3n) is 4.61. The molecule has 3 aromatic rings. The Hall–Kier alpha value is -2.89. The summed E-state index contributed by atoms with van der Waals surface area (Å²) in [5.41, 5.74) is 4.28. The molecule has 1 aliphatic rings. The second-order valence-electron chi connectivity index (χ2n) is 6.47. The van der Waals surface area contributed by atoms with Crippen molar-refractivity contribution in [3.63, 3.8) is 0 Å². The van der Waals surface area contributed by atoms with E-state index in [1.807, 2.05) is 48.9 Å². The van der Waals surface area contributed by atoms with Crippen LogP contribution in [0.15, 0.2) is 40.9 Å². The van der Waals surface area contributed by atoms with E-state index in [1.54, 1.807) is 6.07 Å². The van der Waals surface area contributed by atoms with E-state index in [9.17, 15) is 4.79 Å². The molecule has 1 N–H and O–H groups in total. The molecular weight excluding hydrogens is 316 g/mol. The second kappa shape index (κ2) is 6.20. The van der Waals surface area contributed by atoms with Gasteiger partial charge in [-0.25, -0.2) is 4.68 Å². The Morgan fingerprint density at radius 3 is 2.76 bits per heavy atom. The lowest BCUT2D eigenvalue weighted by molar-refractivity contribution is 0.0941. The lowest BCUT2D eigenvalue weighted by atomic mass is 10.2. The number of hydrogen-bond donors (Lipinski definition) is 1. The number of nitrogens with zero attached hydrogens (tertiary/aromatic N) is 3. The van der Waals surface area contributed by atoms with Crippen LogP contribution >= 0.6 is 0 Å². The van der Waals surface area contributed by atoms with E-state index < -0.39 is 0 Å². The van der Waals surface area contributed by atoms with Crippen LogP contribution in [-0.4, -0.2) is 20.8 Å².